The number of aromatic nitrogens is 1. The molecule has 35 heavy (non-hydrogen) atoms. The Hall–Kier alpha value is -3.62. The standard InChI is InChI=1S/C20H10F9N3O2S/c21-18(22,23)12-5-1-3-10(7-12)15(33)31-32(17-30-14(9-35-17)20(27,28)29)16(34)11-4-2-6-13(8-11)19(24,25)26/h1-9H,(H,31,33). The molecule has 0 spiro atoms. The van der Waals surface area contributed by atoms with Crippen LogP contribution in [0.25, 0.3) is 0 Å². The van der Waals surface area contributed by atoms with E-state index in [0.29, 0.717) is 29.6 Å². The average Bonchev–Trinajstić information content (AvgIpc) is 3.26. The lowest BCUT2D eigenvalue weighted by atomic mass is 10.1. The number of rotatable bonds is 3. The van der Waals surface area contributed by atoms with Crippen molar-refractivity contribution < 1.29 is 49.1 Å². The maximum atomic E-state index is 13.0. The number of hydrogen-bond donors (Lipinski definition) is 1. The maximum absolute atomic E-state index is 13.0. The van der Waals surface area contributed by atoms with E-state index in [-0.39, 0.29) is 16.3 Å². The summed E-state index contributed by atoms with van der Waals surface area (Å²) in [5.74, 6) is -2.78. The molecule has 186 valence electrons. The molecule has 0 aliphatic carbocycles. The number of thiazole rings is 1. The molecule has 3 aromatic rings. The lowest BCUT2D eigenvalue weighted by Crippen LogP contribution is -2.46. The van der Waals surface area contributed by atoms with Gasteiger partial charge in [0.1, 0.15) is 0 Å². The summed E-state index contributed by atoms with van der Waals surface area (Å²) in [4.78, 5) is 28.7. The first-order valence-electron chi connectivity index (χ1n) is 9.10. The van der Waals surface area contributed by atoms with Crippen LogP contribution in [0.4, 0.5) is 44.6 Å². The molecule has 0 atom stereocenters. The second-order valence-corrected chi connectivity index (χ2v) is 7.59. The topological polar surface area (TPSA) is 62.3 Å². The van der Waals surface area contributed by atoms with Gasteiger partial charge in [-0.2, -0.15) is 44.5 Å². The van der Waals surface area contributed by atoms with Crippen LogP contribution in [0.5, 0.6) is 0 Å². The summed E-state index contributed by atoms with van der Waals surface area (Å²) in [6.45, 7) is 0. The SMILES string of the molecule is O=C(NN(C(=O)c1cccc(C(F)(F)F)c1)c1nc(C(F)(F)F)cs1)c1cccc(C(F)(F)F)c1. The van der Waals surface area contributed by atoms with Crippen LogP contribution in [-0.4, -0.2) is 16.8 Å². The highest BCUT2D eigenvalue weighted by Crippen LogP contribution is 2.34. The number of carbonyl (C=O) groups is 2. The van der Waals surface area contributed by atoms with Crippen molar-refractivity contribution in [3.63, 3.8) is 0 Å². The highest BCUT2D eigenvalue weighted by atomic mass is 32.1. The monoisotopic (exact) mass is 527 g/mol. The first-order chi connectivity index (χ1) is 16.1. The Balaban J connectivity index is 2.02. The van der Waals surface area contributed by atoms with Crippen LogP contribution in [-0.2, 0) is 18.5 Å². The van der Waals surface area contributed by atoms with Gasteiger partial charge in [-0.25, -0.2) is 4.98 Å². The van der Waals surface area contributed by atoms with Gasteiger partial charge >= 0.3 is 18.5 Å². The molecule has 1 N–H and O–H groups in total. The average molecular weight is 527 g/mol. The normalized spacial score (nSPS) is 12.4. The fourth-order valence-electron chi connectivity index (χ4n) is 2.64. The number of anilines is 1. The molecular formula is C20H10F9N3O2S. The lowest BCUT2D eigenvalue weighted by Gasteiger charge is -2.21. The molecule has 0 saturated carbocycles. The molecule has 2 aromatic carbocycles. The largest absolute Gasteiger partial charge is 0.434 e. The van der Waals surface area contributed by atoms with Gasteiger partial charge in [-0.1, -0.05) is 12.1 Å². The summed E-state index contributed by atoms with van der Waals surface area (Å²) in [5, 5.41) is -0.170. The van der Waals surface area contributed by atoms with Crippen LogP contribution in [0, 0.1) is 0 Å². The number of benzene rings is 2. The van der Waals surface area contributed by atoms with Crippen LogP contribution in [0.1, 0.15) is 37.5 Å². The van der Waals surface area contributed by atoms with Crippen molar-refractivity contribution in [2.45, 2.75) is 18.5 Å². The zero-order valence-corrected chi connectivity index (χ0v) is 17.5. The van der Waals surface area contributed by atoms with E-state index in [4.69, 9.17) is 0 Å². The van der Waals surface area contributed by atoms with Crippen LogP contribution >= 0.6 is 11.3 Å². The molecule has 1 aromatic heterocycles. The summed E-state index contributed by atoms with van der Waals surface area (Å²) in [6, 6.07) is 5.66. The Bertz CT molecular complexity index is 1250. The van der Waals surface area contributed by atoms with Crippen molar-refractivity contribution in [2.75, 3.05) is 5.01 Å². The molecule has 0 aliphatic rings. The predicted molar refractivity (Wildman–Crippen MR) is 104 cm³/mol. The molecule has 15 heteroatoms. The van der Waals surface area contributed by atoms with Crippen LogP contribution in [0.15, 0.2) is 53.9 Å². The van der Waals surface area contributed by atoms with Gasteiger partial charge in [0.2, 0.25) is 5.13 Å². The smallest absolute Gasteiger partial charge is 0.267 e. The molecule has 0 saturated heterocycles. The fourth-order valence-corrected chi connectivity index (χ4v) is 3.43. The van der Waals surface area contributed by atoms with E-state index < -0.39 is 63.4 Å². The van der Waals surface area contributed by atoms with Gasteiger partial charge in [0, 0.05) is 16.5 Å². The van der Waals surface area contributed by atoms with E-state index >= 15 is 0 Å². The first-order valence-corrected chi connectivity index (χ1v) is 9.98. The minimum atomic E-state index is -4.95. The highest BCUT2D eigenvalue weighted by molar-refractivity contribution is 7.14. The second-order valence-electron chi connectivity index (χ2n) is 6.75. The van der Waals surface area contributed by atoms with Gasteiger partial charge in [0.15, 0.2) is 5.69 Å². The van der Waals surface area contributed by atoms with Gasteiger partial charge < -0.3 is 0 Å². The lowest BCUT2D eigenvalue weighted by molar-refractivity contribution is -0.141. The molecule has 3 rings (SSSR count). The minimum absolute atomic E-state index is 0.137. The third-order valence-corrected chi connectivity index (χ3v) is 5.10. The summed E-state index contributed by atoms with van der Waals surface area (Å²) in [7, 11) is 0. The molecule has 2 amide bonds. The first kappa shape index (κ1) is 26.0. The molecule has 0 aliphatic heterocycles. The molecule has 0 bridgehead atoms. The predicted octanol–water partition coefficient (Wildman–Crippen LogP) is 6.19. The van der Waals surface area contributed by atoms with E-state index in [2.05, 4.69) is 4.98 Å². The zero-order chi connectivity index (χ0) is 26.2. The number of alkyl halides is 9. The summed E-state index contributed by atoms with van der Waals surface area (Å²) in [6.07, 6.45) is -14.7. The van der Waals surface area contributed by atoms with Crippen molar-refractivity contribution >= 4 is 28.3 Å². The summed E-state index contributed by atoms with van der Waals surface area (Å²) < 4.78 is 117. The van der Waals surface area contributed by atoms with Crippen LogP contribution in [0.3, 0.4) is 0 Å². The zero-order valence-electron chi connectivity index (χ0n) is 16.7. The quantitative estimate of drug-likeness (QED) is 0.327. The Morgan fingerprint density at radius 2 is 1.29 bits per heavy atom. The number of hydrazine groups is 1. The Kier molecular flexibility index (Phi) is 6.83. The van der Waals surface area contributed by atoms with Crippen molar-refractivity contribution in [1.29, 1.82) is 0 Å². The molecule has 0 unspecified atom stereocenters. The van der Waals surface area contributed by atoms with Gasteiger partial charge in [0.25, 0.3) is 11.8 Å². The van der Waals surface area contributed by atoms with Crippen LogP contribution < -0.4 is 10.4 Å². The molecule has 5 nitrogen and oxygen atoms in total. The highest BCUT2D eigenvalue weighted by Gasteiger charge is 2.37. The molecule has 1 heterocycles. The number of hydrogen-bond acceptors (Lipinski definition) is 4. The van der Waals surface area contributed by atoms with Gasteiger partial charge in [0.05, 0.1) is 11.1 Å². The van der Waals surface area contributed by atoms with E-state index in [1.54, 1.807) is 0 Å². The van der Waals surface area contributed by atoms with E-state index in [1.165, 1.54) is 0 Å². The van der Waals surface area contributed by atoms with Gasteiger partial charge in [-0.3, -0.25) is 15.0 Å². The van der Waals surface area contributed by atoms with Crippen LogP contribution in [0.2, 0.25) is 0 Å². The second kappa shape index (κ2) is 9.20. The number of nitrogens with one attached hydrogen (secondary N) is 1. The van der Waals surface area contributed by atoms with Gasteiger partial charge in [-0.05, 0) is 36.4 Å². The molecular weight excluding hydrogens is 517 g/mol. The van der Waals surface area contributed by atoms with Crippen molar-refractivity contribution in [3.8, 4) is 0 Å². The maximum Gasteiger partial charge on any atom is 0.434 e. The number of nitrogens with zero attached hydrogens (tertiary/aromatic N) is 2. The Morgan fingerprint density at radius 3 is 1.77 bits per heavy atom. The number of halogens is 9. The third kappa shape index (κ3) is 6.09. The molecule has 0 radical (unpaired) electrons. The van der Waals surface area contributed by atoms with Crippen molar-refractivity contribution in [1.82, 2.24) is 10.4 Å². The van der Waals surface area contributed by atoms with Crippen molar-refractivity contribution in [2.24, 2.45) is 0 Å². The van der Waals surface area contributed by atoms with Crippen molar-refractivity contribution in [3.05, 3.63) is 81.9 Å². The summed E-state index contributed by atoms with van der Waals surface area (Å²) >= 11 is 0.219. The number of carbonyl (C=O) groups excluding carboxylic acids is 2. The summed E-state index contributed by atoms with van der Waals surface area (Å²) in [5.41, 5.74) is -3.44. The number of amides is 2. The minimum Gasteiger partial charge on any atom is -0.267 e. The van der Waals surface area contributed by atoms with E-state index in [1.807, 2.05) is 5.43 Å². The van der Waals surface area contributed by atoms with E-state index in [0.717, 1.165) is 24.3 Å². The third-order valence-electron chi connectivity index (χ3n) is 4.28. The molecule has 0 fully saturated rings. The fraction of sp³-hybridized carbons (Fsp3) is 0.150. The Morgan fingerprint density at radius 1 is 0.771 bits per heavy atom. The van der Waals surface area contributed by atoms with E-state index in [9.17, 15) is 49.1 Å². The Labute approximate surface area is 193 Å². The van der Waals surface area contributed by atoms with Gasteiger partial charge in [-0.15, -0.1) is 11.3 Å².